The van der Waals surface area contributed by atoms with Gasteiger partial charge in [0, 0.05) is 6.54 Å². The minimum Gasteiger partial charge on any atom is -0.369 e. The molecule has 0 aliphatic rings. The molecule has 0 atom stereocenters. The van der Waals surface area contributed by atoms with E-state index >= 15 is 0 Å². The zero-order chi connectivity index (χ0) is 15.6. The normalized spacial score (nSPS) is 10.6. The fourth-order valence-corrected chi connectivity index (χ4v) is 1.54. The van der Waals surface area contributed by atoms with Gasteiger partial charge in [-0.2, -0.15) is 0 Å². The van der Waals surface area contributed by atoms with E-state index in [0.717, 1.165) is 6.20 Å². The molecule has 9 heteroatoms. The molecule has 0 radical (unpaired) electrons. The Hall–Kier alpha value is -2.45. The Kier molecular flexibility index (Phi) is 4.20. The van der Waals surface area contributed by atoms with Gasteiger partial charge in [-0.25, -0.2) is 26.9 Å². The van der Waals surface area contributed by atoms with Crippen LogP contribution in [0, 0.1) is 29.1 Å². The van der Waals surface area contributed by atoms with Gasteiger partial charge in [-0.15, -0.1) is 0 Å². The van der Waals surface area contributed by atoms with Gasteiger partial charge in [0.15, 0.2) is 29.1 Å². The summed E-state index contributed by atoms with van der Waals surface area (Å²) in [5.41, 5.74) is -1.19. The fourth-order valence-electron chi connectivity index (χ4n) is 1.54. The van der Waals surface area contributed by atoms with E-state index in [2.05, 4.69) is 15.3 Å². The highest BCUT2D eigenvalue weighted by Crippen LogP contribution is 2.29. The zero-order valence-corrected chi connectivity index (χ0v) is 10.6. The Morgan fingerprint density at radius 1 is 0.857 bits per heavy atom. The molecule has 0 spiro atoms. The summed E-state index contributed by atoms with van der Waals surface area (Å²) in [5, 5.41) is 4.82. The largest absolute Gasteiger partial charge is 0.369 e. The first-order valence-corrected chi connectivity index (χ1v) is 5.80. The van der Waals surface area contributed by atoms with E-state index < -0.39 is 34.8 Å². The molecule has 0 fully saturated rings. The van der Waals surface area contributed by atoms with Gasteiger partial charge in [-0.05, 0) is 6.92 Å². The molecule has 1 aromatic carbocycles. The first-order chi connectivity index (χ1) is 9.95. The van der Waals surface area contributed by atoms with Crippen molar-refractivity contribution in [2.45, 2.75) is 6.92 Å². The summed E-state index contributed by atoms with van der Waals surface area (Å²) in [6.45, 7) is 2.30. The van der Waals surface area contributed by atoms with Crippen LogP contribution in [0.3, 0.4) is 0 Å². The number of benzene rings is 1. The molecule has 0 unspecified atom stereocenters. The summed E-state index contributed by atoms with van der Waals surface area (Å²) in [4.78, 5) is 7.59. The molecule has 112 valence electrons. The predicted octanol–water partition coefficient (Wildman–Crippen LogP) is 3.35. The van der Waals surface area contributed by atoms with Gasteiger partial charge in [0.25, 0.3) is 0 Å². The highest BCUT2D eigenvalue weighted by atomic mass is 19.2. The smallest absolute Gasteiger partial charge is 0.200 e. The number of anilines is 3. The lowest BCUT2D eigenvalue weighted by molar-refractivity contribution is 0.382. The summed E-state index contributed by atoms with van der Waals surface area (Å²) in [6, 6.07) is 0. The van der Waals surface area contributed by atoms with Crippen molar-refractivity contribution in [1.82, 2.24) is 9.97 Å². The van der Waals surface area contributed by atoms with E-state index in [1.807, 2.05) is 5.32 Å². The van der Waals surface area contributed by atoms with Crippen LogP contribution in [-0.4, -0.2) is 16.5 Å². The molecule has 0 aliphatic heterocycles. The van der Waals surface area contributed by atoms with Crippen LogP contribution in [0.2, 0.25) is 0 Å². The predicted molar refractivity (Wildman–Crippen MR) is 65.7 cm³/mol. The SMILES string of the molecule is CCNc1cncc(Nc2c(F)c(F)c(F)c(F)c2F)n1. The van der Waals surface area contributed by atoms with E-state index in [-0.39, 0.29) is 11.6 Å². The van der Waals surface area contributed by atoms with Crippen LogP contribution in [0.5, 0.6) is 0 Å². The molecule has 0 amide bonds. The molecule has 1 heterocycles. The molecule has 21 heavy (non-hydrogen) atoms. The third-order valence-electron chi connectivity index (χ3n) is 2.46. The summed E-state index contributed by atoms with van der Waals surface area (Å²) < 4.78 is 66.0. The van der Waals surface area contributed by atoms with Crippen molar-refractivity contribution < 1.29 is 22.0 Å². The number of nitrogens with one attached hydrogen (secondary N) is 2. The third kappa shape index (κ3) is 2.86. The number of aromatic nitrogens is 2. The lowest BCUT2D eigenvalue weighted by Crippen LogP contribution is -2.08. The maximum absolute atomic E-state index is 13.5. The van der Waals surface area contributed by atoms with Gasteiger partial charge in [0.1, 0.15) is 11.5 Å². The highest BCUT2D eigenvalue weighted by Gasteiger charge is 2.26. The average molecular weight is 304 g/mol. The van der Waals surface area contributed by atoms with E-state index in [9.17, 15) is 22.0 Å². The Morgan fingerprint density at radius 2 is 1.38 bits per heavy atom. The monoisotopic (exact) mass is 304 g/mol. The van der Waals surface area contributed by atoms with E-state index in [1.165, 1.54) is 6.20 Å². The standard InChI is InChI=1S/C12H9F5N4/c1-2-19-5-3-18-4-6(20-5)21-12-10(16)8(14)7(13)9(15)11(12)17/h3-4H,2H2,1H3,(H2,19,20,21). The summed E-state index contributed by atoms with van der Waals surface area (Å²) in [7, 11) is 0. The van der Waals surface area contributed by atoms with Crippen molar-refractivity contribution in [3.05, 3.63) is 41.5 Å². The number of rotatable bonds is 4. The van der Waals surface area contributed by atoms with E-state index in [1.54, 1.807) is 6.92 Å². The molecule has 0 aliphatic carbocycles. The number of hydrogen-bond donors (Lipinski definition) is 2. The Morgan fingerprint density at radius 3 is 1.95 bits per heavy atom. The topological polar surface area (TPSA) is 49.8 Å². The Labute approximate surface area is 116 Å². The lowest BCUT2D eigenvalue weighted by atomic mass is 10.2. The first-order valence-electron chi connectivity index (χ1n) is 5.80. The van der Waals surface area contributed by atoms with E-state index in [0.29, 0.717) is 6.54 Å². The minimum atomic E-state index is -2.22. The average Bonchev–Trinajstić information content (AvgIpc) is 2.48. The van der Waals surface area contributed by atoms with Crippen molar-refractivity contribution in [3.8, 4) is 0 Å². The van der Waals surface area contributed by atoms with Crippen LogP contribution < -0.4 is 10.6 Å². The maximum Gasteiger partial charge on any atom is 0.200 e. The maximum atomic E-state index is 13.5. The Balaban J connectivity index is 2.42. The number of hydrogen-bond acceptors (Lipinski definition) is 4. The second kappa shape index (κ2) is 5.90. The molecule has 0 saturated carbocycles. The summed E-state index contributed by atoms with van der Waals surface area (Å²) >= 11 is 0. The van der Waals surface area contributed by atoms with Crippen LogP contribution in [0.15, 0.2) is 12.4 Å². The van der Waals surface area contributed by atoms with Crippen LogP contribution in [0.25, 0.3) is 0 Å². The van der Waals surface area contributed by atoms with Gasteiger partial charge in [-0.1, -0.05) is 0 Å². The molecule has 0 bridgehead atoms. The molecule has 0 saturated heterocycles. The van der Waals surface area contributed by atoms with Gasteiger partial charge in [-0.3, -0.25) is 4.98 Å². The molecular weight excluding hydrogens is 295 g/mol. The van der Waals surface area contributed by atoms with Gasteiger partial charge in [0.2, 0.25) is 5.82 Å². The zero-order valence-electron chi connectivity index (χ0n) is 10.6. The highest BCUT2D eigenvalue weighted by molar-refractivity contribution is 5.58. The molecule has 2 aromatic rings. The number of nitrogens with zero attached hydrogens (tertiary/aromatic N) is 2. The van der Waals surface area contributed by atoms with Gasteiger partial charge >= 0.3 is 0 Å². The molecular formula is C12H9F5N4. The van der Waals surface area contributed by atoms with Crippen molar-refractivity contribution in [3.63, 3.8) is 0 Å². The molecule has 4 nitrogen and oxygen atoms in total. The van der Waals surface area contributed by atoms with Gasteiger partial charge < -0.3 is 10.6 Å². The lowest BCUT2D eigenvalue weighted by Gasteiger charge is -2.11. The van der Waals surface area contributed by atoms with Gasteiger partial charge in [0.05, 0.1) is 12.4 Å². The van der Waals surface area contributed by atoms with Crippen LogP contribution in [0.1, 0.15) is 6.92 Å². The summed E-state index contributed by atoms with van der Waals surface area (Å²) in [5.74, 6) is -10.1. The van der Waals surface area contributed by atoms with Crippen LogP contribution >= 0.6 is 0 Å². The molecule has 2 N–H and O–H groups in total. The Bertz CT molecular complexity index is 648. The van der Waals surface area contributed by atoms with E-state index in [4.69, 9.17) is 0 Å². The van der Waals surface area contributed by atoms with Crippen molar-refractivity contribution in [2.75, 3.05) is 17.2 Å². The quantitative estimate of drug-likeness (QED) is 0.517. The third-order valence-corrected chi connectivity index (χ3v) is 2.46. The van der Waals surface area contributed by atoms with Crippen molar-refractivity contribution in [2.24, 2.45) is 0 Å². The second-order valence-corrected chi connectivity index (χ2v) is 3.89. The second-order valence-electron chi connectivity index (χ2n) is 3.89. The van der Waals surface area contributed by atoms with Crippen LogP contribution in [-0.2, 0) is 0 Å². The molecule has 1 aromatic heterocycles. The van der Waals surface area contributed by atoms with Crippen LogP contribution in [0.4, 0.5) is 39.3 Å². The number of halogens is 5. The van der Waals surface area contributed by atoms with Crippen molar-refractivity contribution >= 4 is 17.3 Å². The summed E-state index contributed by atoms with van der Waals surface area (Å²) in [6.07, 6.45) is 2.42. The van der Waals surface area contributed by atoms with Crippen molar-refractivity contribution in [1.29, 1.82) is 0 Å². The molecule has 2 rings (SSSR count). The minimum absolute atomic E-state index is 0.170. The first kappa shape index (κ1) is 14.9. The fraction of sp³-hybridized carbons (Fsp3) is 0.167.